The third-order valence-corrected chi connectivity index (χ3v) is 8.34. The topological polar surface area (TPSA) is 66.5 Å². The van der Waals surface area contributed by atoms with Crippen molar-refractivity contribution in [2.75, 3.05) is 10.8 Å². The molecule has 5 nitrogen and oxygen atoms in total. The predicted molar refractivity (Wildman–Crippen MR) is 120 cm³/mol. The Morgan fingerprint density at radius 2 is 1.73 bits per heavy atom. The summed E-state index contributed by atoms with van der Waals surface area (Å²) in [6.45, 7) is 1.55. The summed E-state index contributed by atoms with van der Waals surface area (Å²) in [5, 5.41) is 3.66. The van der Waals surface area contributed by atoms with Gasteiger partial charge in [-0.25, -0.2) is 8.42 Å². The summed E-state index contributed by atoms with van der Waals surface area (Å²) in [6.07, 6.45) is 4.49. The number of hydrogen-bond donors (Lipinski definition) is 1. The molecule has 4 rings (SSSR count). The van der Waals surface area contributed by atoms with Crippen molar-refractivity contribution in [3.05, 3.63) is 58.1 Å². The van der Waals surface area contributed by atoms with Crippen molar-refractivity contribution in [2.45, 2.75) is 43.5 Å². The number of aryl methyl sites for hydroxylation is 1. The highest BCUT2D eigenvalue weighted by Crippen LogP contribution is 2.44. The highest BCUT2D eigenvalue weighted by molar-refractivity contribution is 7.92. The molecule has 30 heavy (non-hydrogen) atoms. The number of benzene rings is 2. The summed E-state index contributed by atoms with van der Waals surface area (Å²) in [7, 11) is -3.99. The van der Waals surface area contributed by atoms with Crippen molar-refractivity contribution in [3.63, 3.8) is 0 Å². The first kappa shape index (κ1) is 21.5. The molecule has 0 spiro atoms. The lowest BCUT2D eigenvalue weighted by Crippen LogP contribution is -2.46. The summed E-state index contributed by atoms with van der Waals surface area (Å²) >= 11 is 12.2. The van der Waals surface area contributed by atoms with Crippen LogP contribution in [-0.4, -0.2) is 26.9 Å². The monoisotopic (exact) mass is 466 g/mol. The van der Waals surface area contributed by atoms with E-state index >= 15 is 0 Å². The molecule has 1 N–H and O–H groups in total. The Hall–Kier alpha value is -1.76. The molecule has 2 aromatic carbocycles. The van der Waals surface area contributed by atoms with Crippen LogP contribution in [0.5, 0.6) is 0 Å². The molecule has 0 saturated heterocycles. The quantitative estimate of drug-likeness (QED) is 0.664. The fraction of sp³-hybridized carbons (Fsp3) is 0.409. The maximum absolute atomic E-state index is 13.4. The van der Waals surface area contributed by atoms with Gasteiger partial charge in [-0.15, -0.1) is 0 Å². The SMILES string of the molecule is Cc1ccc(S(=O)(=O)N(CC(=O)N[C@H]2C[C@@H]3CC[C@@H]2C3)c2cc(Cl)cc(Cl)c2)cc1. The van der Waals surface area contributed by atoms with E-state index in [1.807, 2.05) is 6.92 Å². The molecule has 0 aliphatic heterocycles. The minimum Gasteiger partial charge on any atom is -0.352 e. The lowest BCUT2D eigenvalue weighted by Gasteiger charge is -2.27. The van der Waals surface area contributed by atoms with Gasteiger partial charge in [-0.05, 0) is 68.4 Å². The zero-order chi connectivity index (χ0) is 21.5. The molecule has 0 aromatic heterocycles. The van der Waals surface area contributed by atoms with Crippen LogP contribution in [0.2, 0.25) is 10.0 Å². The van der Waals surface area contributed by atoms with Crippen LogP contribution >= 0.6 is 23.2 Å². The van der Waals surface area contributed by atoms with E-state index in [-0.39, 0.29) is 29.1 Å². The normalized spacial score (nSPS) is 22.8. The Balaban J connectivity index is 1.63. The lowest BCUT2D eigenvalue weighted by molar-refractivity contribution is -0.120. The third-order valence-electron chi connectivity index (χ3n) is 6.12. The number of nitrogens with zero attached hydrogens (tertiary/aromatic N) is 1. The van der Waals surface area contributed by atoms with E-state index in [1.54, 1.807) is 12.1 Å². The van der Waals surface area contributed by atoms with E-state index < -0.39 is 10.0 Å². The van der Waals surface area contributed by atoms with Gasteiger partial charge in [-0.1, -0.05) is 47.3 Å². The van der Waals surface area contributed by atoms with Gasteiger partial charge in [0.1, 0.15) is 6.54 Å². The summed E-state index contributed by atoms with van der Waals surface area (Å²) in [4.78, 5) is 13.0. The van der Waals surface area contributed by atoms with Crippen molar-refractivity contribution in [3.8, 4) is 0 Å². The number of carbonyl (C=O) groups is 1. The molecule has 2 aliphatic rings. The molecular formula is C22H24Cl2N2O3S. The molecule has 8 heteroatoms. The largest absolute Gasteiger partial charge is 0.352 e. The molecular weight excluding hydrogens is 443 g/mol. The predicted octanol–water partition coefficient (Wildman–Crippen LogP) is 4.80. The molecule has 2 aromatic rings. The van der Waals surface area contributed by atoms with Crippen molar-refractivity contribution in [1.82, 2.24) is 5.32 Å². The number of carbonyl (C=O) groups excluding carboxylic acids is 1. The number of amides is 1. The number of halogens is 2. The second kappa shape index (κ2) is 8.40. The van der Waals surface area contributed by atoms with Crippen molar-refractivity contribution >= 4 is 44.8 Å². The number of fused-ring (bicyclic) bond motifs is 2. The van der Waals surface area contributed by atoms with E-state index in [9.17, 15) is 13.2 Å². The average Bonchev–Trinajstić information content (AvgIpc) is 3.28. The fourth-order valence-corrected chi connectivity index (χ4v) is 6.56. The Labute approximate surface area is 187 Å². The van der Waals surface area contributed by atoms with E-state index in [0.717, 1.165) is 29.1 Å². The summed E-state index contributed by atoms with van der Waals surface area (Å²) in [6, 6.07) is 11.2. The van der Waals surface area contributed by atoms with Crippen LogP contribution in [0.25, 0.3) is 0 Å². The minimum atomic E-state index is -3.99. The zero-order valence-corrected chi connectivity index (χ0v) is 19.0. The molecule has 3 atom stereocenters. The number of anilines is 1. The molecule has 2 aliphatic carbocycles. The number of hydrogen-bond acceptors (Lipinski definition) is 3. The van der Waals surface area contributed by atoms with Crippen LogP contribution in [-0.2, 0) is 14.8 Å². The fourth-order valence-electron chi connectivity index (χ4n) is 4.64. The van der Waals surface area contributed by atoms with Crippen molar-refractivity contribution in [1.29, 1.82) is 0 Å². The smallest absolute Gasteiger partial charge is 0.264 e. The first-order chi connectivity index (χ1) is 14.2. The summed E-state index contributed by atoms with van der Waals surface area (Å²) in [5.41, 5.74) is 1.21. The third kappa shape index (κ3) is 4.46. The van der Waals surface area contributed by atoms with Gasteiger partial charge in [0.25, 0.3) is 10.0 Å². The van der Waals surface area contributed by atoms with E-state index in [1.165, 1.54) is 36.8 Å². The lowest BCUT2D eigenvalue weighted by atomic mass is 9.95. The van der Waals surface area contributed by atoms with Gasteiger partial charge in [-0.2, -0.15) is 0 Å². The van der Waals surface area contributed by atoms with E-state index in [2.05, 4.69) is 5.32 Å². The molecule has 0 radical (unpaired) electrons. The molecule has 0 unspecified atom stereocenters. The van der Waals surface area contributed by atoms with Gasteiger partial charge in [0.2, 0.25) is 5.91 Å². The zero-order valence-electron chi connectivity index (χ0n) is 16.6. The molecule has 2 saturated carbocycles. The molecule has 2 bridgehead atoms. The van der Waals surface area contributed by atoms with Crippen molar-refractivity contribution in [2.24, 2.45) is 11.8 Å². The van der Waals surface area contributed by atoms with Crippen LogP contribution in [0.3, 0.4) is 0 Å². The second-order valence-electron chi connectivity index (χ2n) is 8.30. The Morgan fingerprint density at radius 3 is 2.30 bits per heavy atom. The maximum atomic E-state index is 13.4. The maximum Gasteiger partial charge on any atom is 0.264 e. The number of sulfonamides is 1. The second-order valence-corrected chi connectivity index (χ2v) is 11.0. The van der Waals surface area contributed by atoms with Crippen molar-refractivity contribution < 1.29 is 13.2 Å². The van der Waals surface area contributed by atoms with Gasteiger partial charge in [0.05, 0.1) is 10.6 Å². The van der Waals surface area contributed by atoms with Crippen LogP contribution in [0.4, 0.5) is 5.69 Å². The summed E-state index contributed by atoms with van der Waals surface area (Å²) in [5.74, 6) is 0.862. The molecule has 0 heterocycles. The van der Waals surface area contributed by atoms with Gasteiger partial charge >= 0.3 is 0 Å². The molecule has 2 fully saturated rings. The highest BCUT2D eigenvalue weighted by atomic mass is 35.5. The molecule has 160 valence electrons. The van der Waals surface area contributed by atoms with Crippen LogP contribution < -0.4 is 9.62 Å². The van der Waals surface area contributed by atoms with Gasteiger partial charge in [0.15, 0.2) is 0 Å². The standard InChI is InChI=1S/C22H24Cl2N2O3S/c1-14-2-6-20(7-3-14)30(28,29)26(19-11-17(23)10-18(24)12-19)13-22(27)25-21-9-15-4-5-16(21)8-15/h2-3,6-7,10-12,15-16,21H,4-5,8-9,13H2,1H3,(H,25,27)/t15-,16-,21+/m1/s1. The minimum absolute atomic E-state index is 0.108. The Bertz CT molecular complexity index is 1040. The van der Waals surface area contributed by atoms with Crippen LogP contribution in [0.1, 0.15) is 31.2 Å². The van der Waals surface area contributed by atoms with Gasteiger partial charge in [-0.3, -0.25) is 9.10 Å². The first-order valence-corrected chi connectivity index (χ1v) is 12.3. The van der Waals surface area contributed by atoms with Crippen LogP contribution in [0.15, 0.2) is 47.4 Å². The van der Waals surface area contributed by atoms with Gasteiger partial charge in [0, 0.05) is 16.1 Å². The Kier molecular flexibility index (Phi) is 6.02. The molecule has 1 amide bonds. The first-order valence-electron chi connectivity index (χ1n) is 10.1. The average molecular weight is 467 g/mol. The number of nitrogens with one attached hydrogen (secondary N) is 1. The summed E-state index contributed by atoms with van der Waals surface area (Å²) < 4.78 is 27.9. The van der Waals surface area contributed by atoms with E-state index in [4.69, 9.17) is 23.2 Å². The number of rotatable bonds is 6. The van der Waals surface area contributed by atoms with Gasteiger partial charge < -0.3 is 5.32 Å². The van der Waals surface area contributed by atoms with Crippen LogP contribution in [0, 0.1) is 18.8 Å². The van der Waals surface area contributed by atoms with E-state index in [0.29, 0.717) is 21.9 Å². The highest BCUT2D eigenvalue weighted by Gasteiger charge is 2.40. The Morgan fingerprint density at radius 1 is 1.07 bits per heavy atom.